The Balaban J connectivity index is 1.43. The van der Waals surface area contributed by atoms with E-state index in [-0.39, 0.29) is 46.0 Å². The summed E-state index contributed by atoms with van der Waals surface area (Å²) >= 11 is 0. The smallest absolute Gasteiger partial charge is 0.410 e. The summed E-state index contributed by atoms with van der Waals surface area (Å²) in [6.07, 6.45) is 1.80. The van der Waals surface area contributed by atoms with E-state index >= 15 is 4.39 Å². The summed E-state index contributed by atoms with van der Waals surface area (Å²) in [6.45, 7) is 11.7. The summed E-state index contributed by atoms with van der Waals surface area (Å²) in [5.41, 5.74) is -0.274. The van der Waals surface area contributed by atoms with Gasteiger partial charge in [0.05, 0.1) is 36.6 Å². The van der Waals surface area contributed by atoms with Gasteiger partial charge in [0.1, 0.15) is 17.1 Å². The van der Waals surface area contributed by atoms with E-state index in [2.05, 4.69) is 24.5 Å². The maximum Gasteiger partial charge on any atom is 0.410 e. The summed E-state index contributed by atoms with van der Waals surface area (Å²) in [5.74, 6) is -1.12. The standard InChI is InChI=1S/C26H35FN4O4/c1-24(2,3)35-23(33)31-8-6-26(7-9-31)12-17(26)22(32)30-21-18(27)10-16(13-28)11-19(21)29-20-14-34-15-25(20,4)5/h10-11,17,20,29H,6-9,12,14-15H2,1-5H3,(H,30,32)/t17-,20+/m0/s1. The van der Waals surface area contributed by atoms with Crippen LogP contribution in [0.1, 0.15) is 59.4 Å². The largest absolute Gasteiger partial charge is 0.444 e. The number of nitrogens with one attached hydrogen (secondary N) is 2. The van der Waals surface area contributed by atoms with Crippen LogP contribution in [-0.4, -0.2) is 54.8 Å². The van der Waals surface area contributed by atoms with Crippen LogP contribution < -0.4 is 10.6 Å². The number of amides is 2. The molecule has 4 rings (SSSR count). The van der Waals surface area contributed by atoms with Crippen LogP contribution in [0.3, 0.4) is 0 Å². The van der Waals surface area contributed by atoms with Crippen molar-refractivity contribution in [3.63, 3.8) is 0 Å². The van der Waals surface area contributed by atoms with Crippen LogP contribution in [0.4, 0.5) is 20.6 Å². The first-order chi connectivity index (χ1) is 16.3. The molecule has 2 amide bonds. The number of hydrogen-bond donors (Lipinski definition) is 2. The zero-order chi connectivity index (χ0) is 25.6. The average Bonchev–Trinajstić information content (AvgIpc) is 3.36. The van der Waals surface area contributed by atoms with E-state index in [1.165, 1.54) is 0 Å². The Morgan fingerprint density at radius 2 is 1.94 bits per heavy atom. The van der Waals surface area contributed by atoms with Crippen molar-refractivity contribution in [3.05, 3.63) is 23.5 Å². The summed E-state index contributed by atoms with van der Waals surface area (Å²) in [5, 5.41) is 15.4. The zero-order valence-electron chi connectivity index (χ0n) is 21.2. The lowest BCUT2D eigenvalue weighted by atomic mass is 9.87. The quantitative estimate of drug-likeness (QED) is 0.649. The summed E-state index contributed by atoms with van der Waals surface area (Å²) in [6, 6.07) is 4.59. The number of anilines is 2. The molecule has 1 aliphatic carbocycles. The third-order valence-electron chi connectivity index (χ3n) is 7.42. The van der Waals surface area contributed by atoms with E-state index < -0.39 is 11.4 Å². The van der Waals surface area contributed by atoms with Crippen LogP contribution in [0.15, 0.2) is 12.1 Å². The van der Waals surface area contributed by atoms with Crippen molar-refractivity contribution in [1.82, 2.24) is 4.90 Å². The van der Waals surface area contributed by atoms with Crippen LogP contribution in [0, 0.1) is 33.9 Å². The molecule has 1 aromatic rings. The molecule has 1 saturated carbocycles. The highest BCUT2D eigenvalue weighted by Gasteiger charge is 2.59. The molecule has 1 aromatic carbocycles. The Morgan fingerprint density at radius 3 is 2.51 bits per heavy atom. The maximum absolute atomic E-state index is 15.0. The SMILES string of the molecule is CC(C)(C)OC(=O)N1CCC2(CC1)C[C@H]2C(=O)Nc1c(F)cc(C#N)cc1N[C@@H]1COCC1(C)C. The molecule has 2 heterocycles. The molecular formula is C26H35FN4O4. The molecule has 2 saturated heterocycles. The summed E-state index contributed by atoms with van der Waals surface area (Å²) < 4.78 is 26.1. The first-order valence-corrected chi connectivity index (χ1v) is 12.2. The van der Waals surface area contributed by atoms with Gasteiger partial charge >= 0.3 is 6.09 Å². The monoisotopic (exact) mass is 486 g/mol. The van der Waals surface area contributed by atoms with Gasteiger partial charge in [-0.15, -0.1) is 0 Å². The maximum atomic E-state index is 15.0. The highest BCUT2D eigenvalue weighted by atomic mass is 19.1. The molecule has 2 atom stereocenters. The fraction of sp³-hybridized carbons (Fsp3) is 0.654. The third kappa shape index (κ3) is 5.37. The van der Waals surface area contributed by atoms with Crippen molar-refractivity contribution >= 4 is 23.4 Å². The van der Waals surface area contributed by atoms with Crippen molar-refractivity contribution in [2.45, 2.75) is 65.5 Å². The number of likely N-dealkylation sites (tertiary alicyclic amines) is 1. The number of ether oxygens (including phenoxy) is 2. The highest BCUT2D eigenvalue weighted by molar-refractivity contribution is 5.98. The Hall–Kier alpha value is -2.86. The van der Waals surface area contributed by atoms with Crippen molar-refractivity contribution in [1.29, 1.82) is 5.26 Å². The van der Waals surface area contributed by atoms with Crippen molar-refractivity contribution in [2.75, 3.05) is 36.9 Å². The molecule has 3 fully saturated rings. The molecule has 0 aromatic heterocycles. The minimum absolute atomic E-state index is 0.0601. The first-order valence-electron chi connectivity index (χ1n) is 12.2. The van der Waals surface area contributed by atoms with Gasteiger partial charge in [-0.25, -0.2) is 9.18 Å². The second-order valence-corrected chi connectivity index (χ2v) is 11.8. The van der Waals surface area contributed by atoms with Crippen molar-refractivity contribution < 1.29 is 23.5 Å². The molecular weight excluding hydrogens is 451 g/mol. The van der Waals surface area contributed by atoms with Crippen molar-refractivity contribution in [2.24, 2.45) is 16.7 Å². The fourth-order valence-electron chi connectivity index (χ4n) is 5.05. The Kier molecular flexibility index (Phi) is 6.47. The van der Waals surface area contributed by atoms with Gasteiger partial charge < -0.3 is 25.0 Å². The fourth-order valence-corrected chi connectivity index (χ4v) is 5.05. The summed E-state index contributed by atoms with van der Waals surface area (Å²) in [4.78, 5) is 27.2. The van der Waals surface area contributed by atoms with Crippen LogP contribution in [-0.2, 0) is 14.3 Å². The topological polar surface area (TPSA) is 104 Å². The van der Waals surface area contributed by atoms with Gasteiger partial charge in [0, 0.05) is 24.4 Å². The van der Waals surface area contributed by atoms with E-state index in [1.807, 2.05) is 26.8 Å². The zero-order valence-corrected chi connectivity index (χ0v) is 21.2. The number of halogens is 1. The number of piperidine rings is 1. The van der Waals surface area contributed by atoms with E-state index in [4.69, 9.17) is 9.47 Å². The van der Waals surface area contributed by atoms with E-state index in [1.54, 1.807) is 11.0 Å². The Morgan fingerprint density at radius 1 is 1.26 bits per heavy atom. The number of nitrogens with zero attached hydrogens (tertiary/aromatic N) is 2. The van der Waals surface area contributed by atoms with E-state index in [0.717, 1.165) is 6.07 Å². The predicted molar refractivity (Wildman–Crippen MR) is 129 cm³/mol. The van der Waals surface area contributed by atoms with Gasteiger partial charge in [0.15, 0.2) is 0 Å². The molecule has 0 unspecified atom stereocenters. The molecule has 8 nitrogen and oxygen atoms in total. The predicted octanol–water partition coefficient (Wildman–Crippen LogP) is 4.51. The number of carbonyl (C=O) groups is 2. The van der Waals surface area contributed by atoms with Gasteiger partial charge in [-0.3, -0.25) is 4.79 Å². The second-order valence-electron chi connectivity index (χ2n) is 11.8. The molecule has 9 heteroatoms. The van der Waals surface area contributed by atoms with Crippen molar-refractivity contribution in [3.8, 4) is 6.07 Å². The molecule has 0 bridgehead atoms. The van der Waals surface area contributed by atoms with Gasteiger partial charge in [-0.05, 0) is 57.6 Å². The minimum atomic E-state index is -0.647. The summed E-state index contributed by atoms with van der Waals surface area (Å²) in [7, 11) is 0. The molecule has 2 N–H and O–H groups in total. The van der Waals surface area contributed by atoms with Gasteiger partial charge in [0.2, 0.25) is 5.91 Å². The lowest BCUT2D eigenvalue weighted by Crippen LogP contribution is -2.43. The lowest BCUT2D eigenvalue weighted by molar-refractivity contribution is -0.118. The first kappa shape index (κ1) is 25.2. The number of carbonyl (C=O) groups excluding carboxylic acids is 2. The number of nitriles is 1. The molecule has 0 radical (unpaired) electrons. The van der Waals surface area contributed by atoms with Crippen LogP contribution in [0.25, 0.3) is 0 Å². The minimum Gasteiger partial charge on any atom is -0.444 e. The molecule has 3 aliphatic rings. The number of benzene rings is 1. The second kappa shape index (κ2) is 8.98. The van der Waals surface area contributed by atoms with Gasteiger partial charge in [-0.1, -0.05) is 13.8 Å². The normalized spacial score (nSPS) is 24.5. The van der Waals surface area contributed by atoms with Crippen LogP contribution in [0.5, 0.6) is 0 Å². The Bertz CT molecular complexity index is 1050. The molecule has 35 heavy (non-hydrogen) atoms. The molecule has 2 aliphatic heterocycles. The van der Waals surface area contributed by atoms with Crippen LogP contribution >= 0.6 is 0 Å². The van der Waals surface area contributed by atoms with Gasteiger partial charge in [0.25, 0.3) is 0 Å². The lowest BCUT2D eigenvalue weighted by Gasteiger charge is -2.34. The molecule has 190 valence electrons. The highest BCUT2D eigenvalue weighted by Crippen LogP contribution is 2.60. The Labute approximate surface area is 206 Å². The van der Waals surface area contributed by atoms with Gasteiger partial charge in [-0.2, -0.15) is 5.26 Å². The van der Waals surface area contributed by atoms with E-state index in [9.17, 15) is 14.9 Å². The number of hydrogen-bond acceptors (Lipinski definition) is 6. The average molecular weight is 487 g/mol. The van der Waals surface area contributed by atoms with Crippen LogP contribution in [0.2, 0.25) is 0 Å². The number of rotatable bonds is 4. The van der Waals surface area contributed by atoms with E-state index in [0.29, 0.717) is 51.3 Å². The third-order valence-corrected chi connectivity index (χ3v) is 7.42. The molecule has 1 spiro atoms.